The highest BCUT2D eigenvalue weighted by molar-refractivity contribution is 5.77. The summed E-state index contributed by atoms with van der Waals surface area (Å²) in [7, 11) is 0. The second-order valence-electron chi connectivity index (χ2n) is 6.67. The molecule has 4 heterocycles. The van der Waals surface area contributed by atoms with Crippen LogP contribution in [0.1, 0.15) is 19.3 Å². The van der Waals surface area contributed by atoms with Gasteiger partial charge in [0.2, 0.25) is 0 Å². The maximum absolute atomic E-state index is 12.5. The van der Waals surface area contributed by atoms with E-state index in [1.165, 1.54) is 30.6 Å². The van der Waals surface area contributed by atoms with Crippen molar-refractivity contribution in [3.63, 3.8) is 0 Å². The van der Waals surface area contributed by atoms with E-state index in [4.69, 9.17) is 0 Å². The highest BCUT2D eigenvalue weighted by atomic mass is 16.2. The Bertz CT molecular complexity index is 659. The van der Waals surface area contributed by atoms with Gasteiger partial charge >= 0.3 is 6.03 Å². The number of benzene rings is 1. The van der Waals surface area contributed by atoms with Gasteiger partial charge in [-0.1, -0.05) is 30.3 Å². The lowest BCUT2D eigenvalue weighted by molar-refractivity contribution is 0.216. The Hall–Kier alpha value is -2.14. The molecule has 0 saturated carbocycles. The van der Waals surface area contributed by atoms with E-state index < -0.39 is 0 Å². The van der Waals surface area contributed by atoms with E-state index >= 15 is 0 Å². The fraction of sp³-hybridized carbons (Fsp3) is 0.444. The fourth-order valence-electron chi connectivity index (χ4n) is 3.75. The van der Waals surface area contributed by atoms with Crippen molar-refractivity contribution in [1.82, 2.24) is 20.0 Å². The molecule has 1 aromatic carbocycles. The summed E-state index contributed by atoms with van der Waals surface area (Å²) in [6, 6.07) is 10.1. The highest BCUT2D eigenvalue weighted by Gasteiger charge is 2.30. The second-order valence-corrected chi connectivity index (χ2v) is 6.67. The van der Waals surface area contributed by atoms with E-state index in [-0.39, 0.29) is 12.1 Å². The maximum atomic E-state index is 12.5. The molecule has 5 heteroatoms. The maximum Gasteiger partial charge on any atom is 0.342 e. The zero-order valence-corrected chi connectivity index (χ0v) is 13.2. The standard InChI is InChI=1S/C18H22N4O/c23-18(20-17-10-14-6-8-21(13-17)9-7-14)22-12-16(11-19-22)15-4-2-1-3-5-15/h1-5,11-12,14,17H,6-10,13H2,(H,20,23). The van der Waals surface area contributed by atoms with Crippen molar-refractivity contribution in [1.29, 1.82) is 0 Å². The summed E-state index contributed by atoms with van der Waals surface area (Å²) in [5, 5.41) is 7.39. The molecule has 5 rings (SSSR count). The zero-order chi connectivity index (χ0) is 15.6. The second kappa shape index (κ2) is 6.16. The molecule has 1 atom stereocenters. The predicted octanol–water partition coefficient (Wildman–Crippen LogP) is 2.59. The lowest BCUT2D eigenvalue weighted by atomic mass is 9.94. The monoisotopic (exact) mass is 310 g/mol. The molecule has 3 aliphatic heterocycles. The Kier molecular flexibility index (Phi) is 3.87. The van der Waals surface area contributed by atoms with Gasteiger partial charge in [0.1, 0.15) is 0 Å². The predicted molar refractivity (Wildman–Crippen MR) is 89.2 cm³/mol. The summed E-state index contributed by atoms with van der Waals surface area (Å²) >= 11 is 0. The molecule has 120 valence electrons. The minimum absolute atomic E-state index is 0.125. The van der Waals surface area contributed by atoms with Crippen LogP contribution in [0.15, 0.2) is 42.7 Å². The van der Waals surface area contributed by atoms with Gasteiger partial charge in [0.05, 0.1) is 6.20 Å². The minimum atomic E-state index is -0.125. The number of nitrogens with zero attached hydrogens (tertiary/aromatic N) is 3. The van der Waals surface area contributed by atoms with Crippen LogP contribution in [-0.4, -0.2) is 46.4 Å². The molecular weight excluding hydrogens is 288 g/mol. The van der Waals surface area contributed by atoms with Crippen LogP contribution in [0.3, 0.4) is 0 Å². The zero-order valence-electron chi connectivity index (χ0n) is 13.2. The average Bonchev–Trinajstić information content (AvgIpc) is 2.91. The van der Waals surface area contributed by atoms with Gasteiger partial charge in [0.25, 0.3) is 0 Å². The molecule has 3 fully saturated rings. The number of fused-ring (bicyclic) bond motifs is 4. The van der Waals surface area contributed by atoms with Crippen molar-refractivity contribution in [3.05, 3.63) is 42.7 Å². The van der Waals surface area contributed by atoms with Crippen LogP contribution in [-0.2, 0) is 0 Å². The van der Waals surface area contributed by atoms with Crippen LogP contribution >= 0.6 is 0 Å². The minimum Gasteiger partial charge on any atom is -0.332 e. The molecule has 0 spiro atoms. The number of hydrogen-bond acceptors (Lipinski definition) is 3. The molecule has 2 aromatic rings. The Labute approximate surface area is 136 Å². The summed E-state index contributed by atoms with van der Waals surface area (Å²) in [5.41, 5.74) is 2.04. The quantitative estimate of drug-likeness (QED) is 0.927. The molecule has 3 saturated heterocycles. The van der Waals surface area contributed by atoms with E-state index in [9.17, 15) is 4.79 Å². The van der Waals surface area contributed by atoms with Crippen molar-refractivity contribution >= 4 is 6.03 Å². The number of piperidine rings is 1. The Balaban J connectivity index is 1.44. The number of carbonyl (C=O) groups excluding carboxylic acids is 1. The van der Waals surface area contributed by atoms with E-state index in [1.807, 2.05) is 30.3 Å². The molecule has 0 radical (unpaired) electrons. The summed E-state index contributed by atoms with van der Waals surface area (Å²) in [4.78, 5) is 14.9. The van der Waals surface area contributed by atoms with Crippen LogP contribution in [0.4, 0.5) is 4.79 Å². The third-order valence-corrected chi connectivity index (χ3v) is 5.03. The lowest BCUT2D eigenvalue weighted by Gasteiger charge is -2.26. The molecule has 5 nitrogen and oxygen atoms in total. The van der Waals surface area contributed by atoms with Crippen molar-refractivity contribution in [2.24, 2.45) is 5.92 Å². The number of aromatic nitrogens is 2. The van der Waals surface area contributed by atoms with Crippen LogP contribution in [0.5, 0.6) is 0 Å². The summed E-state index contributed by atoms with van der Waals surface area (Å²) in [6.45, 7) is 3.32. The number of hydrogen-bond donors (Lipinski definition) is 1. The van der Waals surface area contributed by atoms with E-state index in [2.05, 4.69) is 15.3 Å². The van der Waals surface area contributed by atoms with Gasteiger partial charge in [0, 0.05) is 24.3 Å². The fourth-order valence-corrected chi connectivity index (χ4v) is 3.75. The van der Waals surface area contributed by atoms with Gasteiger partial charge in [-0.2, -0.15) is 9.78 Å². The number of carbonyl (C=O) groups is 1. The van der Waals surface area contributed by atoms with Gasteiger partial charge in [-0.05, 0) is 43.8 Å². The molecule has 2 bridgehead atoms. The largest absolute Gasteiger partial charge is 0.342 e. The molecule has 0 aliphatic carbocycles. The van der Waals surface area contributed by atoms with Crippen LogP contribution in [0.25, 0.3) is 11.1 Å². The first kappa shape index (κ1) is 14.5. The van der Waals surface area contributed by atoms with Gasteiger partial charge in [-0.15, -0.1) is 0 Å². The van der Waals surface area contributed by atoms with Crippen LogP contribution < -0.4 is 5.32 Å². The molecular formula is C18H22N4O. The third-order valence-electron chi connectivity index (χ3n) is 5.03. The first-order valence-corrected chi connectivity index (χ1v) is 8.41. The Morgan fingerprint density at radius 1 is 1.13 bits per heavy atom. The van der Waals surface area contributed by atoms with Gasteiger partial charge < -0.3 is 10.2 Å². The summed E-state index contributed by atoms with van der Waals surface area (Å²) < 4.78 is 1.42. The summed E-state index contributed by atoms with van der Waals surface area (Å²) in [6.07, 6.45) is 7.18. The van der Waals surface area contributed by atoms with Crippen molar-refractivity contribution < 1.29 is 4.79 Å². The molecule has 1 aromatic heterocycles. The molecule has 1 unspecified atom stereocenters. The molecule has 3 aliphatic rings. The van der Waals surface area contributed by atoms with Gasteiger partial charge in [0.15, 0.2) is 0 Å². The average molecular weight is 310 g/mol. The van der Waals surface area contributed by atoms with Crippen molar-refractivity contribution in [3.8, 4) is 11.1 Å². The smallest absolute Gasteiger partial charge is 0.332 e. The number of nitrogens with one attached hydrogen (secondary N) is 1. The molecule has 1 N–H and O–H groups in total. The first-order valence-electron chi connectivity index (χ1n) is 8.41. The third kappa shape index (κ3) is 3.15. The van der Waals surface area contributed by atoms with E-state index in [0.717, 1.165) is 30.0 Å². The number of amides is 1. The van der Waals surface area contributed by atoms with Crippen LogP contribution in [0.2, 0.25) is 0 Å². The van der Waals surface area contributed by atoms with Crippen molar-refractivity contribution in [2.45, 2.75) is 25.3 Å². The lowest BCUT2D eigenvalue weighted by Crippen LogP contribution is -2.43. The summed E-state index contributed by atoms with van der Waals surface area (Å²) in [5.74, 6) is 0.761. The van der Waals surface area contributed by atoms with Gasteiger partial charge in [-0.3, -0.25) is 0 Å². The van der Waals surface area contributed by atoms with E-state index in [0.29, 0.717) is 0 Å². The Morgan fingerprint density at radius 3 is 2.70 bits per heavy atom. The number of rotatable bonds is 2. The van der Waals surface area contributed by atoms with E-state index in [1.54, 1.807) is 12.4 Å². The van der Waals surface area contributed by atoms with Gasteiger partial charge in [-0.25, -0.2) is 4.79 Å². The highest BCUT2D eigenvalue weighted by Crippen LogP contribution is 2.26. The first-order chi connectivity index (χ1) is 11.3. The van der Waals surface area contributed by atoms with Crippen molar-refractivity contribution in [2.75, 3.05) is 19.6 Å². The molecule has 23 heavy (non-hydrogen) atoms. The SMILES string of the molecule is O=C(NC1CC2CCN(CC2)C1)n1cc(-c2ccccc2)cn1. The Morgan fingerprint density at radius 2 is 1.91 bits per heavy atom. The molecule has 1 amide bonds. The van der Waals surface area contributed by atoms with Crippen LogP contribution in [0, 0.1) is 5.92 Å². The normalized spacial score (nSPS) is 26.7. The topological polar surface area (TPSA) is 50.2 Å².